The van der Waals surface area contributed by atoms with E-state index in [-0.39, 0.29) is 22.4 Å². The van der Waals surface area contributed by atoms with E-state index in [2.05, 4.69) is 15.2 Å². The lowest BCUT2D eigenvalue weighted by molar-refractivity contribution is 0.0735. The van der Waals surface area contributed by atoms with E-state index >= 15 is 0 Å². The molecule has 4 rings (SSSR count). The fourth-order valence-electron chi connectivity index (χ4n) is 3.01. The average molecular weight is 388 g/mol. The van der Waals surface area contributed by atoms with Gasteiger partial charge >= 0.3 is 0 Å². The largest absolute Gasteiger partial charge is 0.350 e. The van der Waals surface area contributed by atoms with Gasteiger partial charge in [-0.25, -0.2) is 13.9 Å². The molecule has 0 aliphatic rings. The Morgan fingerprint density at radius 1 is 1.22 bits per heavy atom. The molecule has 0 saturated heterocycles. The minimum atomic E-state index is -1.12. The summed E-state index contributed by atoms with van der Waals surface area (Å²) in [7, 11) is 1.58. The van der Waals surface area contributed by atoms with Crippen LogP contribution in [-0.2, 0) is 0 Å². The predicted octanol–water partition coefficient (Wildman–Crippen LogP) is 3.58. The zero-order valence-electron chi connectivity index (χ0n) is 14.3. The van der Waals surface area contributed by atoms with Crippen LogP contribution >= 0.6 is 11.3 Å². The molecule has 3 aromatic heterocycles. The Bertz CT molecular complexity index is 1210. The minimum Gasteiger partial charge on any atom is -0.350 e. The highest BCUT2D eigenvalue weighted by molar-refractivity contribution is 7.17. The standard InChI is InChI=1S/C18H14F2N4O2S/c1-8(24(2)18(26)14-7-15-13(21-14)3-4-27-15)16-9-5-11(19)12(20)6-10(9)17(25)23-22-16/h3-8,21H,1-2H3,(H,23,25). The molecule has 0 aliphatic carbocycles. The number of hydrogen-bond donors (Lipinski definition) is 2. The fourth-order valence-corrected chi connectivity index (χ4v) is 3.79. The van der Waals surface area contributed by atoms with E-state index in [0.29, 0.717) is 5.69 Å². The Balaban J connectivity index is 1.75. The van der Waals surface area contributed by atoms with Crippen molar-refractivity contribution in [3.05, 3.63) is 63.0 Å². The molecule has 0 aliphatic heterocycles. The molecular formula is C18H14F2N4O2S. The van der Waals surface area contributed by atoms with Crippen molar-refractivity contribution in [1.82, 2.24) is 20.1 Å². The molecule has 0 spiro atoms. The van der Waals surface area contributed by atoms with Crippen molar-refractivity contribution in [2.24, 2.45) is 0 Å². The van der Waals surface area contributed by atoms with Gasteiger partial charge in [-0.05, 0) is 36.6 Å². The van der Waals surface area contributed by atoms with Crippen LogP contribution in [0.2, 0.25) is 0 Å². The van der Waals surface area contributed by atoms with Crippen LogP contribution in [0.3, 0.4) is 0 Å². The first-order valence-corrected chi connectivity index (χ1v) is 8.95. The smallest absolute Gasteiger partial charge is 0.272 e. The number of amides is 1. The van der Waals surface area contributed by atoms with E-state index in [4.69, 9.17) is 0 Å². The zero-order chi connectivity index (χ0) is 19.3. The van der Waals surface area contributed by atoms with Gasteiger partial charge in [0.15, 0.2) is 11.6 Å². The monoisotopic (exact) mass is 388 g/mol. The summed E-state index contributed by atoms with van der Waals surface area (Å²) in [6, 6.07) is 4.82. The third kappa shape index (κ3) is 2.80. The second-order valence-electron chi connectivity index (χ2n) is 6.22. The number of aromatic nitrogens is 3. The number of aromatic amines is 2. The van der Waals surface area contributed by atoms with Gasteiger partial charge < -0.3 is 9.88 Å². The number of hydrogen-bond acceptors (Lipinski definition) is 4. The first kappa shape index (κ1) is 17.3. The molecule has 1 aromatic carbocycles. The van der Waals surface area contributed by atoms with E-state index in [1.807, 2.05) is 11.4 Å². The van der Waals surface area contributed by atoms with Crippen molar-refractivity contribution in [2.45, 2.75) is 13.0 Å². The molecule has 138 valence electrons. The minimum absolute atomic E-state index is 0.0213. The Morgan fingerprint density at radius 2 is 1.93 bits per heavy atom. The molecule has 0 fully saturated rings. The molecule has 0 radical (unpaired) electrons. The molecular weight excluding hydrogens is 374 g/mol. The second-order valence-corrected chi connectivity index (χ2v) is 7.17. The van der Waals surface area contributed by atoms with Crippen molar-refractivity contribution < 1.29 is 13.6 Å². The SMILES string of the molecule is CC(c1n[nH]c(=O)c2cc(F)c(F)cc12)N(C)C(=O)c1cc2sccc2[nH]1. The number of H-pyrrole nitrogens is 2. The van der Waals surface area contributed by atoms with Gasteiger partial charge in [0.1, 0.15) is 5.69 Å². The van der Waals surface area contributed by atoms with Gasteiger partial charge in [0.2, 0.25) is 0 Å². The van der Waals surface area contributed by atoms with Gasteiger partial charge in [0.25, 0.3) is 11.5 Å². The van der Waals surface area contributed by atoms with Crippen molar-refractivity contribution in [3.63, 3.8) is 0 Å². The van der Waals surface area contributed by atoms with Crippen LogP contribution in [0, 0.1) is 11.6 Å². The molecule has 1 unspecified atom stereocenters. The van der Waals surface area contributed by atoms with Crippen LogP contribution in [0.15, 0.2) is 34.4 Å². The lowest BCUT2D eigenvalue weighted by atomic mass is 10.1. The Kier molecular flexibility index (Phi) is 4.03. The van der Waals surface area contributed by atoms with Crippen LogP contribution in [0.25, 0.3) is 21.0 Å². The van der Waals surface area contributed by atoms with E-state index in [9.17, 15) is 18.4 Å². The van der Waals surface area contributed by atoms with Crippen LogP contribution in [-0.4, -0.2) is 33.0 Å². The molecule has 1 atom stereocenters. The summed E-state index contributed by atoms with van der Waals surface area (Å²) in [5.74, 6) is -2.48. The molecule has 3 heterocycles. The van der Waals surface area contributed by atoms with Gasteiger partial charge in [-0.2, -0.15) is 5.10 Å². The van der Waals surface area contributed by atoms with E-state index < -0.39 is 23.2 Å². The van der Waals surface area contributed by atoms with Crippen molar-refractivity contribution in [1.29, 1.82) is 0 Å². The highest BCUT2D eigenvalue weighted by Crippen LogP contribution is 2.27. The maximum absolute atomic E-state index is 13.7. The van der Waals surface area contributed by atoms with Gasteiger partial charge in [-0.3, -0.25) is 9.59 Å². The van der Waals surface area contributed by atoms with Crippen LogP contribution < -0.4 is 5.56 Å². The molecule has 9 heteroatoms. The summed E-state index contributed by atoms with van der Waals surface area (Å²) in [5.41, 5.74) is 0.929. The Labute approximate surface area is 155 Å². The van der Waals surface area contributed by atoms with Crippen LogP contribution in [0.4, 0.5) is 8.78 Å². The summed E-state index contributed by atoms with van der Waals surface area (Å²) in [6.45, 7) is 1.70. The first-order valence-electron chi connectivity index (χ1n) is 8.07. The van der Waals surface area contributed by atoms with E-state index in [1.54, 1.807) is 20.0 Å². The maximum atomic E-state index is 13.7. The van der Waals surface area contributed by atoms with Gasteiger partial charge in [-0.15, -0.1) is 11.3 Å². The summed E-state index contributed by atoms with van der Waals surface area (Å²) in [5, 5.41) is 8.33. The van der Waals surface area contributed by atoms with Crippen LogP contribution in [0.5, 0.6) is 0 Å². The number of benzene rings is 1. The predicted molar refractivity (Wildman–Crippen MR) is 99.0 cm³/mol. The summed E-state index contributed by atoms with van der Waals surface area (Å²) < 4.78 is 28.2. The fraction of sp³-hybridized carbons (Fsp3) is 0.167. The normalized spacial score (nSPS) is 12.6. The Morgan fingerprint density at radius 3 is 2.63 bits per heavy atom. The number of fused-ring (bicyclic) bond motifs is 2. The zero-order valence-corrected chi connectivity index (χ0v) is 15.2. The third-order valence-electron chi connectivity index (χ3n) is 4.63. The van der Waals surface area contributed by atoms with E-state index in [1.165, 1.54) is 16.2 Å². The molecule has 0 bridgehead atoms. The molecule has 2 N–H and O–H groups in total. The van der Waals surface area contributed by atoms with Crippen molar-refractivity contribution in [2.75, 3.05) is 7.05 Å². The van der Waals surface area contributed by atoms with Crippen molar-refractivity contribution >= 4 is 38.2 Å². The summed E-state index contributed by atoms with van der Waals surface area (Å²) in [4.78, 5) is 29.2. The van der Waals surface area contributed by atoms with Gasteiger partial charge in [0, 0.05) is 12.4 Å². The summed E-state index contributed by atoms with van der Waals surface area (Å²) >= 11 is 1.52. The molecule has 0 saturated carbocycles. The topological polar surface area (TPSA) is 81.8 Å². The number of carbonyl (C=O) groups is 1. The molecule has 1 amide bonds. The third-order valence-corrected chi connectivity index (χ3v) is 5.49. The Hall–Kier alpha value is -3.07. The second kappa shape index (κ2) is 6.27. The first-order chi connectivity index (χ1) is 12.9. The lowest BCUT2D eigenvalue weighted by Crippen LogP contribution is -2.31. The van der Waals surface area contributed by atoms with E-state index in [0.717, 1.165) is 22.3 Å². The highest BCUT2D eigenvalue weighted by Gasteiger charge is 2.24. The lowest BCUT2D eigenvalue weighted by Gasteiger charge is -2.24. The number of rotatable bonds is 3. The average Bonchev–Trinajstić information content (AvgIpc) is 3.24. The van der Waals surface area contributed by atoms with Crippen molar-refractivity contribution in [3.8, 4) is 0 Å². The number of nitrogens with one attached hydrogen (secondary N) is 2. The number of nitrogens with zero attached hydrogens (tertiary/aromatic N) is 2. The molecule has 6 nitrogen and oxygen atoms in total. The molecule has 4 aromatic rings. The summed E-state index contributed by atoms with van der Waals surface area (Å²) in [6.07, 6.45) is 0. The highest BCUT2D eigenvalue weighted by atomic mass is 32.1. The van der Waals surface area contributed by atoms with Crippen LogP contribution in [0.1, 0.15) is 29.1 Å². The molecule has 27 heavy (non-hydrogen) atoms. The maximum Gasteiger partial charge on any atom is 0.272 e. The van der Waals surface area contributed by atoms with Gasteiger partial charge in [0.05, 0.1) is 27.3 Å². The quantitative estimate of drug-likeness (QED) is 0.563. The van der Waals surface area contributed by atoms with Gasteiger partial charge in [-0.1, -0.05) is 0 Å². The number of halogens is 2. The number of carbonyl (C=O) groups excluding carboxylic acids is 1. The number of thiophene rings is 1.